The van der Waals surface area contributed by atoms with Crippen molar-refractivity contribution in [3.63, 3.8) is 0 Å². The van der Waals surface area contributed by atoms with Gasteiger partial charge in [0.05, 0.1) is 0 Å². The highest BCUT2D eigenvalue weighted by Crippen LogP contribution is 2.25. The van der Waals surface area contributed by atoms with Crippen LogP contribution in [0, 0.1) is 11.3 Å². The molecule has 0 fully saturated rings. The quantitative estimate of drug-likeness (QED) is 0.588. The molecular weight excluding hydrogens is 258 g/mol. The molecule has 1 rings (SSSR count). The zero-order valence-electron chi connectivity index (χ0n) is 12.0. The van der Waals surface area contributed by atoms with Crippen LogP contribution < -0.4 is 10.6 Å². The Morgan fingerprint density at radius 2 is 1.95 bits per heavy atom. The summed E-state index contributed by atoms with van der Waals surface area (Å²) < 4.78 is 0. The number of hydrogen-bond donors (Lipinski definition) is 2. The molecule has 0 atom stereocenters. The monoisotopic (exact) mass is 281 g/mol. The fraction of sp³-hybridized carbons (Fsp3) is 0.533. The van der Waals surface area contributed by atoms with Gasteiger partial charge in [-0.2, -0.15) is 0 Å². The van der Waals surface area contributed by atoms with Crippen LogP contribution in [-0.2, 0) is 0 Å². The first-order chi connectivity index (χ1) is 9.03. The number of amidine groups is 1. The summed E-state index contributed by atoms with van der Waals surface area (Å²) in [6, 6.07) is 5.60. The zero-order chi connectivity index (χ0) is 14.4. The van der Waals surface area contributed by atoms with Gasteiger partial charge in [0.15, 0.2) is 0 Å². The molecule has 3 nitrogen and oxygen atoms in total. The number of nitrogens with one attached hydrogen (secondary N) is 1. The molecule has 0 bridgehead atoms. The predicted molar refractivity (Wildman–Crippen MR) is 84.4 cm³/mol. The third-order valence-corrected chi connectivity index (χ3v) is 3.84. The van der Waals surface area contributed by atoms with Crippen LogP contribution in [0.5, 0.6) is 0 Å². The molecule has 0 aliphatic heterocycles. The lowest BCUT2D eigenvalue weighted by atomic mass is 10.0. The lowest BCUT2D eigenvalue weighted by molar-refractivity contribution is 0.486. The Labute approximate surface area is 121 Å². The summed E-state index contributed by atoms with van der Waals surface area (Å²) in [6.45, 7) is 8.45. The highest BCUT2D eigenvalue weighted by atomic mass is 35.5. The predicted octanol–water partition coefficient (Wildman–Crippen LogP) is 3.89. The van der Waals surface area contributed by atoms with Gasteiger partial charge in [0.1, 0.15) is 5.84 Å². The van der Waals surface area contributed by atoms with E-state index in [1.54, 1.807) is 6.07 Å². The van der Waals surface area contributed by atoms with Crippen molar-refractivity contribution in [1.82, 2.24) is 0 Å². The molecular formula is C15H24ClN3. The average Bonchev–Trinajstić information content (AvgIpc) is 2.40. The SMILES string of the molecule is CCC(CC)CN(CC)c1ccc(Cl)cc1C(=N)N. The largest absolute Gasteiger partial charge is 0.384 e. The molecule has 1 aromatic carbocycles. The Morgan fingerprint density at radius 1 is 1.32 bits per heavy atom. The number of nitrogens with zero attached hydrogens (tertiary/aromatic N) is 1. The molecule has 0 saturated carbocycles. The number of anilines is 1. The van der Waals surface area contributed by atoms with Crippen LogP contribution in [0.4, 0.5) is 5.69 Å². The molecule has 0 aliphatic carbocycles. The van der Waals surface area contributed by atoms with E-state index in [0.717, 1.165) is 37.2 Å². The Kier molecular flexibility index (Phi) is 6.16. The number of rotatable bonds is 7. The van der Waals surface area contributed by atoms with Gasteiger partial charge in [-0.25, -0.2) is 0 Å². The summed E-state index contributed by atoms with van der Waals surface area (Å²) in [4.78, 5) is 2.28. The molecule has 0 amide bonds. The van der Waals surface area contributed by atoms with Gasteiger partial charge in [-0.1, -0.05) is 38.3 Å². The smallest absolute Gasteiger partial charge is 0.124 e. The standard InChI is InChI=1S/C15H24ClN3/c1-4-11(5-2)10-19(6-3)14-8-7-12(16)9-13(14)15(17)18/h7-9,11H,4-6,10H2,1-3H3,(H3,17,18). The fourth-order valence-electron chi connectivity index (χ4n) is 2.26. The summed E-state index contributed by atoms with van der Waals surface area (Å²) in [5.74, 6) is 0.732. The number of benzene rings is 1. The van der Waals surface area contributed by atoms with E-state index < -0.39 is 0 Å². The maximum absolute atomic E-state index is 7.71. The molecule has 0 aromatic heterocycles. The first-order valence-electron chi connectivity index (χ1n) is 6.92. The Hall–Kier alpha value is -1.22. The summed E-state index contributed by atoms with van der Waals surface area (Å²) in [7, 11) is 0. The van der Waals surface area contributed by atoms with E-state index in [4.69, 9.17) is 22.7 Å². The topological polar surface area (TPSA) is 53.1 Å². The van der Waals surface area contributed by atoms with E-state index in [1.807, 2.05) is 12.1 Å². The van der Waals surface area contributed by atoms with Gasteiger partial charge < -0.3 is 10.6 Å². The second-order valence-corrected chi connectivity index (χ2v) is 5.23. The first kappa shape index (κ1) is 15.8. The van der Waals surface area contributed by atoms with E-state index in [9.17, 15) is 0 Å². The molecule has 1 aromatic rings. The maximum atomic E-state index is 7.71. The minimum absolute atomic E-state index is 0.0699. The molecule has 3 N–H and O–H groups in total. The van der Waals surface area contributed by atoms with Crippen molar-refractivity contribution in [3.05, 3.63) is 28.8 Å². The second kappa shape index (κ2) is 7.39. The van der Waals surface area contributed by atoms with Gasteiger partial charge in [-0.3, -0.25) is 5.41 Å². The fourth-order valence-corrected chi connectivity index (χ4v) is 2.43. The number of nitrogen functional groups attached to an aromatic ring is 1. The summed E-state index contributed by atoms with van der Waals surface area (Å²) in [6.07, 6.45) is 2.33. The van der Waals surface area contributed by atoms with Gasteiger partial charge in [0.2, 0.25) is 0 Å². The maximum Gasteiger partial charge on any atom is 0.124 e. The second-order valence-electron chi connectivity index (χ2n) is 4.80. The number of nitrogens with two attached hydrogens (primary N) is 1. The van der Waals surface area contributed by atoms with Crippen LogP contribution in [0.1, 0.15) is 39.2 Å². The normalized spacial score (nSPS) is 10.8. The van der Waals surface area contributed by atoms with Crippen LogP contribution >= 0.6 is 11.6 Å². The van der Waals surface area contributed by atoms with Crippen molar-refractivity contribution < 1.29 is 0 Å². The zero-order valence-corrected chi connectivity index (χ0v) is 12.8. The van der Waals surface area contributed by atoms with Gasteiger partial charge in [0, 0.05) is 29.4 Å². The van der Waals surface area contributed by atoms with E-state index in [-0.39, 0.29) is 5.84 Å². The van der Waals surface area contributed by atoms with Gasteiger partial charge in [-0.05, 0) is 31.0 Å². The van der Waals surface area contributed by atoms with Crippen LogP contribution in [-0.4, -0.2) is 18.9 Å². The van der Waals surface area contributed by atoms with Crippen LogP contribution in [0.25, 0.3) is 0 Å². The molecule has 19 heavy (non-hydrogen) atoms. The third-order valence-electron chi connectivity index (χ3n) is 3.60. The van der Waals surface area contributed by atoms with E-state index >= 15 is 0 Å². The van der Waals surface area contributed by atoms with Crippen molar-refractivity contribution >= 4 is 23.1 Å². The lowest BCUT2D eigenvalue weighted by Crippen LogP contribution is -2.31. The van der Waals surface area contributed by atoms with Gasteiger partial charge in [0.25, 0.3) is 0 Å². The highest BCUT2D eigenvalue weighted by molar-refractivity contribution is 6.31. The molecule has 4 heteroatoms. The van der Waals surface area contributed by atoms with Crippen LogP contribution in [0.15, 0.2) is 18.2 Å². The molecule has 0 unspecified atom stereocenters. The van der Waals surface area contributed by atoms with E-state index in [2.05, 4.69) is 25.7 Å². The van der Waals surface area contributed by atoms with Crippen molar-refractivity contribution in [2.24, 2.45) is 11.7 Å². The summed E-state index contributed by atoms with van der Waals surface area (Å²) in [5, 5.41) is 8.32. The molecule has 0 saturated heterocycles. The van der Waals surface area contributed by atoms with Crippen LogP contribution in [0.2, 0.25) is 5.02 Å². The van der Waals surface area contributed by atoms with Gasteiger partial charge in [-0.15, -0.1) is 0 Å². The Morgan fingerprint density at radius 3 is 2.42 bits per heavy atom. The van der Waals surface area contributed by atoms with Crippen LogP contribution in [0.3, 0.4) is 0 Å². The third kappa shape index (κ3) is 4.13. The summed E-state index contributed by atoms with van der Waals surface area (Å²) >= 11 is 6.00. The number of hydrogen-bond acceptors (Lipinski definition) is 2. The molecule has 0 aliphatic rings. The minimum Gasteiger partial charge on any atom is -0.384 e. The minimum atomic E-state index is 0.0699. The lowest BCUT2D eigenvalue weighted by Gasteiger charge is -2.29. The molecule has 0 radical (unpaired) electrons. The Bertz CT molecular complexity index is 427. The van der Waals surface area contributed by atoms with E-state index in [0.29, 0.717) is 10.9 Å². The molecule has 0 heterocycles. The van der Waals surface area contributed by atoms with E-state index in [1.165, 1.54) is 0 Å². The van der Waals surface area contributed by atoms with Crippen molar-refractivity contribution in [3.8, 4) is 0 Å². The Balaban J connectivity index is 3.07. The molecule has 106 valence electrons. The van der Waals surface area contributed by atoms with Crippen molar-refractivity contribution in [2.45, 2.75) is 33.6 Å². The van der Waals surface area contributed by atoms with Gasteiger partial charge >= 0.3 is 0 Å². The first-order valence-corrected chi connectivity index (χ1v) is 7.30. The van der Waals surface area contributed by atoms with Crippen molar-refractivity contribution in [2.75, 3.05) is 18.0 Å². The van der Waals surface area contributed by atoms with Crippen molar-refractivity contribution in [1.29, 1.82) is 5.41 Å². The molecule has 0 spiro atoms. The summed E-state index contributed by atoms with van der Waals surface area (Å²) in [5.41, 5.74) is 7.40. The highest BCUT2D eigenvalue weighted by Gasteiger charge is 2.15. The average molecular weight is 282 g/mol. The number of halogens is 1.